The van der Waals surface area contributed by atoms with Crippen molar-refractivity contribution in [2.75, 3.05) is 13.1 Å². The first-order valence-corrected chi connectivity index (χ1v) is 7.38. The van der Waals surface area contributed by atoms with Crippen molar-refractivity contribution in [1.29, 1.82) is 0 Å². The molecule has 0 bridgehead atoms. The van der Waals surface area contributed by atoms with Crippen LogP contribution in [0.1, 0.15) is 19.8 Å². The summed E-state index contributed by atoms with van der Waals surface area (Å²) >= 11 is 3.38. The standard InChI is InChI=1S/C14H19BrN2O2/c1-10(19-13-6-2-4-11(15)8-13)14(18)17-12-5-3-7-16-9-12/h2,4,6,8,10,12,16H,3,5,7,9H2,1H3,(H,17,18)/t10?,12-/m0/s1. The summed E-state index contributed by atoms with van der Waals surface area (Å²) in [5.74, 6) is 0.632. The Morgan fingerprint density at radius 2 is 2.42 bits per heavy atom. The lowest BCUT2D eigenvalue weighted by atomic mass is 10.1. The number of carbonyl (C=O) groups excluding carboxylic acids is 1. The molecule has 1 amide bonds. The summed E-state index contributed by atoms with van der Waals surface area (Å²) in [6.45, 7) is 3.65. The van der Waals surface area contributed by atoms with Crippen molar-refractivity contribution in [2.45, 2.75) is 31.9 Å². The Morgan fingerprint density at radius 1 is 1.58 bits per heavy atom. The van der Waals surface area contributed by atoms with Crippen LogP contribution in [-0.4, -0.2) is 31.1 Å². The number of benzene rings is 1. The van der Waals surface area contributed by atoms with Crippen LogP contribution in [0.15, 0.2) is 28.7 Å². The summed E-state index contributed by atoms with van der Waals surface area (Å²) in [4.78, 5) is 12.0. The van der Waals surface area contributed by atoms with E-state index in [2.05, 4.69) is 26.6 Å². The van der Waals surface area contributed by atoms with Crippen LogP contribution in [-0.2, 0) is 4.79 Å². The van der Waals surface area contributed by atoms with E-state index < -0.39 is 6.10 Å². The second-order valence-corrected chi connectivity index (χ2v) is 5.68. The van der Waals surface area contributed by atoms with Gasteiger partial charge in [0, 0.05) is 17.1 Å². The van der Waals surface area contributed by atoms with Crippen LogP contribution in [0.5, 0.6) is 5.75 Å². The van der Waals surface area contributed by atoms with E-state index in [1.54, 1.807) is 6.92 Å². The van der Waals surface area contributed by atoms with Gasteiger partial charge in [0.2, 0.25) is 0 Å². The van der Waals surface area contributed by atoms with Gasteiger partial charge in [-0.05, 0) is 44.5 Å². The van der Waals surface area contributed by atoms with Gasteiger partial charge < -0.3 is 15.4 Å². The first kappa shape index (κ1) is 14.3. The van der Waals surface area contributed by atoms with Crippen LogP contribution in [0.3, 0.4) is 0 Å². The number of ether oxygens (including phenoxy) is 1. The average Bonchev–Trinajstić information content (AvgIpc) is 2.40. The summed E-state index contributed by atoms with van der Waals surface area (Å²) in [5.41, 5.74) is 0. The fourth-order valence-corrected chi connectivity index (χ4v) is 2.47. The third-order valence-electron chi connectivity index (χ3n) is 3.12. The van der Waals surface area contributed by atoms with Gasteiger partial charge in [0.1, 0.15) is 5.75 Å². The van der Waals surface area contributed by atoms with Gasteiger partial charge in [0.25, 0.3) is 5.91 Å². The molecule has 1 fully saturated rings. The molecule has 5 heteroatoms. The van der Waals surface area contributed by atoms with Crippen LogP contribution in [0.25, 0.3) is 0 Å². The smallest absolute Gasteiger partial charge is 0.261 e. The molecule has 1 aliphatic heterocycles. The first-order chi connectivity index (χ1) is 9.15. The second kappa shape index (κ2) is 6.91. The third kappa shape index (κ3) is 4.51. The maximum Gasteiger partial charge on any atom is 0.261 e. The monoisotopic (exact) mass is 326 g/mol. The second-order valence-electron chi connectivity index (χ2n) is 4.77. The highest BCUT2D eigenvalue weighted by atomic mass is 79.9. The molecule has 1 saturated heterocycles. The predicted octanol–water partition coefficient (Wildman–Crippen LogP) is 2.08. The van der Waals surface area contributed by atoms with Crippen molar-refractivity contribution >= 4 is 21.8 Å². The molecule has 19 heavy (non-hydrogen) atoms. The van der Waals surface area contributed by atoms with Crippen molar-refractivity contribution in [1.82, 2.24) is 10.6 Å². The van der Waals surface area contributed by atoms with Gasteiger partial charge >= 0.3 is 0 Å². The highest BCUT2D eigenvalue weighted by Gasteiger charge is 2.20. The van der Waals surface area contributed by atoms with Crippen LogP contribution in [0.2, 0.25) is 0 Å². The minimum atomic E-state index is -0.490. The highest BCUT2D eigenvalue weighted by molar-refractivity contribution is 9.10. The lowest BCUT2D eigenvalue weighted by Crippen LogP contribution is -2.49. The van der Waals surface area contributed by atoms with Crippen LogP contribution < -0.4 is 15.4 Å². The third-order valence-corrected chi connectivity index (χ3v) is 3.61. The predicted molar refractivity (Wildman–Crippen MR) is 78.3 cm³/mol. The topological polar surface area (TPSA) is 50.4 Å². The average molecular weight is 327 g/mol. The number of nitrogens with one attached hydrogen (secondary N) is 2. The summed E-state index contributed by atoms with van der Waals surface area (Å²) in [7, 11) is 0. The first-order valence-electron chi connectivity index (χ1n) is 6.58. The van der Waals surface area contributed by atoms with Gasteiger partial charge in [-0.15, -0.1) is 0 Å². The molecule has 1 unspecified atom stereocenters. The van der Waals surface area contributed by atoms with Gasteiger partial charge in [-0.25, -0.2) is 0 Å². The van der Waals surface area contributed by atoms with Gasteiger partial charge in [-0.3, -0.25) is 4.79 Å². The number of piperidine rings is 1. The fraction of sp³-hybridized carbons (Fsp3) is 0.500. The van der Waals surface area contributed by atoms with E-state index in [1.165, 1.54) is 0 Å². The lowest BCUT2D eigenvalue weighted by molar-refractivity contribution is -0.128. The Balaban J connectivity index is 1.84. The largest absolute Gasteiger partial charge is 0.481 e. The molecule has 1 heterocycles. The van der Waals surface area contributed by atoms with Gasteiger partial charge in [-0.1, -0.05) is 22.0 Å². The molecule has 0 spiro atoms. The van der Waals surface area contributed by atoms with Crippen molar-refractivity contribution in [3.05, 3.63) is 28.7 Å². The van der Waals surface area contributed by atoms with Gasteiger partial charge in [0.15, 0.2) is 6.10 Å². The number of rotatable bonds is 4. The molecule has 2 N–H and O–H groups in total. The van der Waals surface area contributed by atoms with Crippen LogP contribution in [0.4, 0.5) is 0 Å². The minimum absolute atomic E-state index is 0.0614. The SMILES string of the molecule is CC(Oc1cccc(Br)c1)C(=O)N[C@H]1CCCNC1. The number of hydrogen-bond donors (Lipinski definition) is 2. The molecule has 2 atom stereocenters. The van der Waals surface area contributed by atoms with Gasteiger partial charge in [-0.2, -0.15) is 0 Å². The van der Waals surface area contributed by atoms with E-state index in [0.29, 0.717) is 5.75 Å². The number of halogens is 1. The molecule has 1 aliphatic rings. The summed E-state index contributed by atoms with van der Waals surface area (Å²) in [6, 6.07) is 7.72. The molecule has 0 aliphatic carbocycles. The minimum Gasteiger partial charge on any atom is -0.481 e. The summed E-state index contributed by atoms with van der Waals surface area (Å²) in [5, 5.41) is 6.29. The zero-order valence-electron chi connectivity index (χ0n) is 11.0. The maximum absolute atomic E-state index is 12.0. The van der Waals surface area contributed by atoms with Crippen molar-refractivity contribution in [2.24, 2.45) is 0 Å². The van der Waals surface area contributed by atoms with Crippen LogP contribution >= 0.6 is 15.9 Å². The zero-order valence-corrected chi connectivity index (χ0v) is 12.6. The number of hydrogen-bond acceptors (Lipinski definition) is 3. The van der Waals surface area contributed by atoms with E-state index in [-0.39, 0.29) is 11.9 Å². The van der Waals surface area contributed by atoms with E-state index >= 15 is 0 Å². The van der Waals surface area contributed by atoms with E-state index in [1.807, 2.05) is 24.3 Å². The Kier molecular flexibility index (Phi) is 5.22. The Hall–Kier alpha value is -1.07. The number of amides is 1. The van der Waals surface area contributed by atoms with Crippen LogP contribution in [0, 0.1) is 0 Å². The highest BCUT2D eigenvalue weighted by Crippen LogP contribution is 2.19. The molecule has 0 aromatic heterocycles. The van der Waals surface area contributed by atoms with Crippen molar-refractivity contribution in [3.8, 4) is 5.75 Å². The van der Waals surface area contributed by atoms with E-state index in [4.69, 9.17) is 4.74 Å². The molecule has 104 valence electrons. The molecule has 2 rings (SSSR count). The molecular formula is C14H19BrN2O2. The normalized spacial score (nSPS) is 20.6. The number of carbonyl (C=O) groups is 1. The van der Waals surface area contributed by atoms with Gasteiger partial charge in [0.05, 0.1) is 0 Å². The molecule has 0 saturated carbocycles. The molecule has 0 radical (unpaired) electrons. The maximum atomic E-state index is 12.0. The Bertz CT molecular complexity index is 433. The van der Waals surface area contributed by atoms with E-state index in [0.717, 1.165) is 30.4 Å². The summed E-state index contributed by atoms with van der Waals surface area (Å²) in [6.07, 6.45) is 1.64. The molecule has 1 aromatic rings. The molecule has 1 aromatic carbocycles. The quantitative estimate of drug-likeness (QED) is 0.890. The Morgan fingerprint density at radius 3 is 3.11 bits per heavy atom. The van der Waals surface area contributed by atoms with E-state index in [9.17, 15) is 4.79 Å². The summed E-state index contributed by atoms with van der Waals surface area (Å²) < 4.78 is 6.58. The van der Waals surface area contributed by atoms with Crippen molar-refractivity contribution in [3.63, 3.8) is 0 Å². The molecular weight excluding hydrogens is 308 g/mol. The van der Waals surface area contributed by atoms with Crippen molar-refractivity contribution < 1.29 is 9.53 Å². The Labute approximate surface area is 122 Å². The lowest BCUT2D eigenvalue weighted by Gasteiger charge is -2.25. The zero-order chi connectivity index (χ0) is 13.7. The molecule has 4 nitrogen and oxygen atoms in total. The fourth-order valence-electron chi connectivity index (χ4n) is 2.09.